The zero-order valence-corrected chi connectivity index (χ0v) is 22.5. The maximum absolute atomic E-state index is 12.2. The van der Waals surface area contributed by atoms with Crippen LogP contribution >= 0.6 is 24.0 Å². The summed E-state index contributed by atoms with van der Waals surface area (Å²) < 4.78 is 5.71. The number of hydrogen-bond acceptors (Lipinski definition) is 4. The molecular formula is C25H37IN4O3. The Balaban J connectivity index is 0.00000544. The van der Waals surface area contributed by atoms with Crippen LogP contribution in [-0.2, 0) is 6.42 Å². The summed E-state index contributed by atoms with van der Waals surface area (Å²) in [5.74, 6) is 1.37. The number of aliphatic hydroxyl groups is 1. The fourth-order valence-electron chi connectivity index (χ4n) is 3.14. The van der Waals surface area contributed by atoms with Crippen LogP contribution in [-0.4, -0.2) is 61.7 Å². The second-order valence-corrected chi connectivity index (χ2v) is 8.05. The lowest BCUT2D eigenvalue weighted by atomic mass is 10.1. The third kappa shape index (κ3) is 10.00. The highest BCUT2D eigenvalue weighted by Gasteiger charge is 2.10. The minimum Gasteiger partial charge on any atom is -0.491 e. The smallest absolute Gasteiger partial charge is 0.253 e. The monoisotopic (exact) mass is 568 g/mol. The van der Waals surface area contributed by atoms with E-state index in [-0.39, 0.29) is 42.5 Å². The van der Waals surface area contributed by atoms with Gasteiger partial charge in [0.05, 0.1) is 18.8 Å². The van der Waals surface area contributed by atoms with E-state index in [9.17, 15) is 9.90 Å². The average Bonchev–Trinajstić information content (AvgIpc) is 2.76. The van der Waals surface area contributed by atoms with Crippen molar-refractivity contribution in [1.29, 1.82) is 0 Å². The molecule has 182 valence electrons. The Morgan fingerprint density at radius 2 is 1.85 bits per heavy atom. The number of guanidine groups is 1. The summed E-state index contributed by atoms with van der Waals surface area (Å²) in [6.07, 6.45) is 0.0948. The van der Waals surface area contributed by atoms with E-state index < -0.39 is 6.10 Å². The van der Waals surface area contributed by atoms with Crippen molar-refractivity contribution in [1.82, 2.24) is 15.5 Å². The van der Waals surface area contributed by atoms with Gasteiger partial charge in [0.2, 0.25) is 0 Å². The molecule has 7 nitrogen and oxygen atoms in total. The molecule has 1 amide bonds. The van der Waals surface area contributed by atoms with Gasteiger partial charge in [-0.2, -0.15) is 0 Å². The molecule has 33 heavy (non-hydrogen) atoms. The molecule has 3 N–H and O–H groups in total. The van der Waals surface area contributed by atoms with Crippen molar-refractivity contribution in [3.8, 4) is 5.75 Å². The molecule has 2 aromatic rings. The number of amides is 1. The van der Waals surface area contributed by atoms with Crippen molar-refractivity contribution in [3.63, 3.8) is 0 Å². The van der Waals surface area contributed by atoms with Gasteiger partial charge < -0.3 is 25.4 Å². The van der Waals surface area contributed by atoms with E-state index in [1.807, 2.05) is 69.3 Å². The highest BCUT2D eigenvalue weighted by molar-refractivity contribution is 14.0. The van der Waals surface area contributed by atoms with Gasteiger partial charge in [-0.05, 0) is 62.6 Å². The maximum atomic E-state index is 12.2. The fraction of sp³-hybridized carbons (Fsp3) is 0.440. The van der Waals surface area contributed by atoms with E-state index in [1.54, 1.807) is 19.0 Å². The predicted molar refractivity (Wildman–Crippen MR) is 145 cm³/mol. The van der Waals surface area contributed by atoms with Crippen LogP contribution in [0.3, 0.4) is 0 Å². The van der Waals surface area contributed by atoms with Crippen molar-refractivity contribution in [3.05, 3.63) is 65.2 Å². The van der Waals surface area contributed by atoms with Crippen molar-refractivity contribution in [2.75, 3.05) is 33.7 Å². The topological polar surface area (TPSA) is 86.2 Å². The van der Waals surface area contributed by atoms with Gasteiger partial charge in [-0.25, -0.2) is 0 Å². The number of aliphatic hydroxyl groups excluding tert-OH is 1. The Bertz CT molecular complexity index is 903. The first-order valence-electron chi connectivity index (χ1n) is 11.1. The van der Waals surface area contributed by atoms with Crippen LogP contribution in [0.1, 0.15) is 48.4 Å². The summed E-state index contributed by atoms with van der Waals surface area (Å²) in [4.78, 5) is 18.2. The molecule has 0 saturated carbocycles. The summed E-state index contributed by atoms with van der Waals surface area (Å²) in [5, 5.41) is 17.1. The van der Waals surface area contributed by atoms with Crippen LogP contribution in [0.2, 0.25) is 0 Å². The van der Waals surface area contributed by atoms with E-state index in [2.05, 4.69) is 15.6 Å². The molecule has 0 aliphatic carbocycles. The first-order valence-corrected chi connectivity index (χ1v) is 11.1. The van der Waals surface area contributed by atoms with Crippen molar-refractivity contribution in [2.24, 2.45) is 4.99 Å². The molecule has 0 heterocycles. The fourth-order valence-corrected chi connectivity index (χ4v) is 3.14. The Hall–Kier alpha value is -2.33. The minimum absolute atomic E-state index is 0. The first-order chi connectivity index (χ1) is 15.3. The van der Waals surface area contributed by atoms with Gasteiger partial charge in [0.1, 0.15) is 5.75 Å². The van der Waals surface area contributed by atoms with Gasteiger partial charge in [-0.3, -0.25) is 9.79 Å². The van der Waals surface area contributed by atoms with E-state index in [4.69, 9.17) is 4.74 Å². The van der Waals surface area contributed by atoms with Crippen LogP contribution in [0.4, 0.5) is 0 Å². The normalized spacial score (nSPS) is 12.0. The second-order valence-electron chi connectivity index (χ2n) is 8.05. The van der Waals surface area contributed by atoms with Gasteiger partial charge in [-0.15, -0.1) is 24.0 Å². The molecule has 0 aromatic heterocycles. The largest absolute Gasteiger partial charge is 0.491 e. The SMILES string of the molecule is CCNC(=NCC(O)c1cccc(OC(C)C)c1)NCCc1cccc(C(=O)N(C)C)c1.I. The second kappa shape index (κ2) is 14.7. The van der Waals surface area contributed by atoms with Crippen molar-refractivity contribution in [2.45, 2.75) is 39.4 Å². The van der Waals surface area contributed by atoms with Gasteiger partial charge in [0.15, 0.2) is 5.96 Å². The zero-order valence-electron chi connectivity index (χ0n) is 20.2. The Morgan fingerprint density at radius 1 is 1.12 bits per heavy atom. The molecule has 0 bridgehead atoms. The standard InChI is InChI=1S/C25H36N4O3.HI/c1-6-26-25(27-14-13-19-9-7-11-21(15-19)24(31)29(4)5)28-17-23(30)20-10-8-12-22(16-20)32-18(2)3;/h7-12,15-16,18,23,30H,6,13-14,17H2,1-5H3,(H2,26,27,28);1H. The lowest BCUT2D eigenvalue weighted by Gasteiger charge is -2.15. The van der Waals surface area contributed by atoms with Crippen LogP contribution in [0.25, 0.3) is 0 Å². The number of hydrogen-bond donors (Lipinski definition) is 3. The quantitative estimate of drug-likeness (QED) is 0.232. The zero-order chi connectivity index (χ0) is 23.5. The lowest BCUT2D eigenvalue weighted by Crippen LogP contribution is -2.38. The molecular weight excluding hydrogens is 531 g/mol. The summed E-state index contributed by atoms with van der Waals surface area (Å²) in [7, 11) is 3.50. The third-order valence-corrected chi connectivity index (χ3v) is 4.67. The number of nitrogens with one attached hydrogen (secondary N) is 2. The number of carbonyl (C=O) groups excluding carboxylic acids is 1. The Morgan fingerprint density at radius 3 is 2.52 bits per heavy atom. The molecule has 0 aliphatic heterocycles. The van der Waals surface area contributed by atoms with E-state index in [0.717, 1.165) is 23.3 Å². The minimum atomic E-state index is -0.727. The Labute approximate surface area is 214 Å². The molecule has 0 aliphatic rings. The summed E-state index contributed by atoms with van der Waals surface area (Å²) in [6.45, 7) is 7.53. The van der Waals surface area contributed by atoms with E-state index >= 15 is 0 Å². The molecule has 0 fully saturated rings. The van der Waals surface area contributed by atoms with Crippen LogP contribution in [0.5, 0.6) is 5.75 Å². The average molecular weight is 569 g/mol. The Kier molecular flexibility index (Phi) is 12.8. The molecule has 8 heteroatoms. The number of aliphatic imine (C=N–C) groups is 1. The maximum Gasteiger partial charge on any atom is 0.253 e. The predicted octanol–water partition coefficient (Wildman–Crippen LogP) is 3.62. The lowest BCUT2D eigenvalue weighted by molar-refractivity contribution is 0.0827. The van der Waals surface area contributed by atoms with Crippen molar-refractivity contribution < 1.29 is 14.6 Å². The number of rotatable bonds is 10. The molecule has 2 aromatic carbocycles. The van der Waals surface area contributed by atoms with Gasteiger partial charge in [-0.1, -0.05) is 24.3 Å². The number of halogens is 1. The molecule has 1 unspecified atom stereocenters. The number of nitrogens with zero attached hydrogens (tertiary/aromatic N) is 2. The number of benzene rings is 2. The van der Waals surface area contributed by atoms with Crippen LogP contribution in [0.15, 0.2) is 53.5 Å². The summed E-state index contributed by atoms with van der Waals surface area (Å²) in [6, 6.07) is 15.1. The summed E-state index contributed by atoms with van der Waals surface area (Å²) in [5.41, 5.74) is 2.52. The number of carbonyl (C=O) groups is 1. The molecule has 2 rings (SSSR count). The van der Waals surface area contributed by atoms with E-state index in [0.29, 0.717) is 24.6 Å². The molecule has 0 radical (unpaired) electrons. The molecule has 1 atom stereocenters. The van der Waals surface area contributed by atoms with Crippen LogP contribution in [0, 0.1) is 0 Å². The molecule has 0 saturated heterocycles. The molecule has 0 spiro atoms. The highest BCUT2D eigenvalue weighted by atomic mass is 127. The first kappa shape index (κ1) is 28.7. The van der Waals surface area contributed by atoms with Crippen molar-refractivity contribution >= 4 is 35.8 Å². The summed E-state index contributed by atoms with van der Waals surface area (Å²) >= 11 is 0. The number of ether oxygens (including phenoxy) is 1. The highest BCUT2D eigenvalue weighted by Crippen LogP contribution is 2.20. The van der Waals surface area contributed by atoms with Crippen LogP contribution < -0.4 is 15.4 Å². The van der Waals surface area contributed by atoms with E-state index in [1.165, 1.54) is 0 Å². The van der Waals surface area contributed by atoms with Gasteiger partial charge in [0, 0.05) is 32.7 Å². The third-order valence-electron chi connectivity index (χ3n) is 4.67. The van der Waals surface area contributed by atoms with Gasteiger partial charge in [0.25, 0.3) is 5.91 Å². The van der Waals surface area contributed by atoms with Gasteiger partial charge >= 0.3 is 0 Å².